The minimum atomic E-state index is -0.537. The summed E-state index contributed by atoms with van der Waals surface area (Å²) in [4.78, 5) is 5.01. The molecule has 0 unspecified atom stereocenters. The van der Waals surface area contributed by atoms with Gasteiger partial charge >= 0.3 is 0 Å². The fraction of sp³-hybridized carbons (Fsp3) is 1.00. The zero-order chi connectivity index (χ0) is 11.2. The van der Waals surface area contributed by atoms with Crippen molar-refractivity contribution in [1.82, 2.24) is 15.1 Å². The lowest BCUT2D eigenvalue weighted by atomic mass is 10.3. The van der Waals surface area contributed by atoms with Crippen LogP contribution in [0, 0.1) is 0 Å². The first-order valence-corrected chi connectivity index (χ1v) is 7.84. The molecule has 0 amide bonds. The largest absolute Gasteiger partial charge is 0.315 e. The quantitative estimate of drug-likeness (QED) is 0.716. The lowest BCUT2D eigenvalue weighted by Crippen LogP contribution is -2.42. The molecule has 0 aromatic heterocycles. The van der Waals surface area contributed by atoms with Crippen molar-refractivity contribution in [2.24, 2.45) is 0 Å². The van der Waals surface area contributed by atoms with Gasteiger partial charge in [-0.15, -0.1) is 0 Å². The van der Waals surface area contributed by atoms with Crippen molar-refractivity contribution in [2.75, 3.05) is 63.9 Å². The predicted octanol–water partition coefficient (Wildman–Crippen LogP) is -0.654. The maximum atomic E-state index is 11.2. The van der Waals surface area contributed by atoms with E-state index in [2.05, 4.69) is 15.1 Å². The summed E-state index contributed by atoms with van der Waals surface area (Å²) in [5.41, 5.74) is 0. The molecule has 0 bridgehead atoms. The molecule has 0 aromatic carbocycles. The monoisotopic (exact) mass is 245 g/mol. The highest BCUT2D eigenvalue weighted by Crippen LogP contribution is 2.01. The molecule has 0 spiro atoms. The van der Waals surface area contributed by atoms with Crippen LogP contribution in [0.5, 0.6) is 0 Å². The Balaban J connectivity index is 1.64. The van der Waals surface area contributed by atoms with Crippen molar-refractivity contribution in [3.8, 4) is 0 Å². The summed E-state index contributed by atoms with van der Waals surface area (Å²) >= 11 is 0. The molecule has 4 nitrogen and oxygen atoms in total. The van der Waals surface area contributed by atoms with Gasteiger partial charge in [0.1, 0.15) is 0 Å². The van der Waals surface area contributed by atoms with Crippen LogP contribution >= 0.6 is 0 Å². The maximum Gasteiger partial charge on any atom is 0.0363 e. The Morgan fingerprint density at radius 1 is 0.938 bits per heavy atom. The Bertz CT molecular complexity index is 219. The molecule has 94 valence electrons. The summed E-state index contributed by atoms with van der Waals surface area (Å²) < 4.78 is 11.2. The summed E-state index contributed by atoms with van der Waals surface area (Å²) in [6.07, 6.45) is 1.27. The van der Waals surface area contributed by atoms with E-state index < -0.39 is 10.8 Å². The van der Waals surface area contributed by atoms with E-state index >= 15 is 0 Å². The zero-order valence-electron chi connectivity index (χ0n) is 9.99. The smallest absolute Gasteiger partial charge is 0.0363 e. The van der Waals surface area contributed by atoms with E-state index in [9.17, 15) is 4.21 Å². The van der Waals surface area contributed by atoms with E-state index in [-0.39, 0.29) is 0 Å². The second-order valence-electron chi connectivity index (χ2n) is 4.63. The number of nitrogens with zero attached hydrogens (tertiary/aromatic N) is 2. The standard InChI is InChI=1S/C11H23N3OS/c15-16-10-8-14(9-11-16)7-6-13-4-1-2-12-3-5-13/h12H,1-11H2. The van der Waals surface area contributed by atoms with Crippen molar-refractivity contribution < 1.29 is 4.21 Å². The highest BCUT2D eigenvalue weighted by molar-refractivity contribution is 7.85. The van der Waals surface area contributed by atoms with Crippen molar-refractivity contribution in [3.63, 3.8) is 0 Å². The van der Waals surface area contributed by atoms with Gasteiger partial charge in [-0.25, -0.2) is 0 Å². The topological polar surface area (TPSA) is 35.6 Å². The first kappa shape index (κ1) is 12.5. The van der Waals surface area contributed by atoms with Crippen LogP contribution in [0.15, 0.2) is 0 Å². The molecular weight excluding hydrogens is 222 g/mol. The van der Waals surface area contributed by atoms with Crippen LogP contribution in [0.3, 0.4) is 0 Å². The normalized spacial score (nSPS) is 26.8. The van der Waals surface area contributed by atoms with E-state index in [1.165, 1.54) is 32.6 Å². The van der Waals surface area contributed by atoms with Gasteiger partial charge in [-0.3, -0.25) is 4.21 Å². The van der Waals surface area contributed by atoms with E-state index in [4.69, 9.17) is 0 Å². The van der Waals surface area contributed by atoms with Crippen LogP contribution in [0.25, 0.3) is 0 Å². The minimum absolute atomic E-state index is 0.537. The number of hydrogen-bond acceptors (Lipinski definition) is 4. The molecule has 0 radical (unpaired) electrons. The summed E-state index contributed by atoms with van der Waals surface area (Å²) in [5, 5.41) is 3.43. The highest BCUT2D eigenvalue weighted by Gasteiger charge is 2.16. The summed E-state index contributed by atoms with van der Waals surface area (Å²) in [6, 6.07) is 0. The minimum Gasteiger partial charge on any atom is -0.315 e. The first-order valence-electron chi connectivity index (χ1n) is 6.35. The summed E-state index contributed by atoms with van der Waals surface area (Å²) in [5.74, 6) is 1.75. The number of rotatable bonds is 3. The zero-order valence-corrected chi connectivity index (χ0v) is 10.8. The van der Waals surface area contributed by atoms with Crippen molar-refractivity contribution >= 4 is 10.8 Å². The number of hydrogen-bond donors (Lipinski definition) is 1. The van der Waals surface area contributed by atoms with Gasteiger partial charge in [-0.05, 0) is 19.5 Å². The molecule has 2 aliphatic heterocycles. The molecule has 2 aliphatic rings. The predicted molar refractivity (Wildman–Crippen MR) is 68.2 cm³/mol. The third kappa shape index (κ3) is 4.13. The second-order valence-corrected chi connectivity index (χ2v) is 6.33. The van der Waals surface area contributed by atoms with E-state index in [0.29, 0.717) is 0 Å². The molecule has 0 saturated carbocycles. The van der Waals surface area contributed by atoms with Crippen LogP contribution in [0.1, 0.15) is 6.42 Å². The van der Waals surface area contributed by atoms with E-state index in [1.807, 2.05) is 0 Å². The first-order chi connectivity index (χ1) is 7.84. The maximum absolute atomic E-state index is 11.2. The second kappa shape index (κ2) is 6.69. The third-order valence-electron chi connectivity index (χ3n) is 3.44. The number of nitrogens with one attached hydrogen (secondary N) is 1. The van der Waals surface area contributed by atoms with Crippen molar-refractivity contribution in [1.29, 1.82) is 0 Å². The highest BCUT2D eigenvalue weighted by atomic mass is 32.2. The summed E-state index contributed by atoms with van der Waals surface area (Å²) in [7, 11) is -0.537. The molecule has 2 heterocycles. The Hall–Kier alpha value is 0.0300. The van der Waals surface area contributed by atoms with Gasteiger partial charge < -0.3 is 15.1 Å². The van der Waals surface area contributed by atoms with E-state index in [0.717, 1.165) is 37.7 Å². The van der Waals surface area contributed by atoms with Gasteiger partial charge in [0.15, 0.2) is 0 Å². The Morgan fingerprint density at radius 2 is 1.62 bits per heavy atom. The van der Waals surface area contributed by atoms with Gasteiger partial charge in [0.2, 0.25) is 0 Å². The molecule has 16 heavy (non-hydrogen) atoms. The van der Waals surface area contributed by atoms with Crippen LogP contribution in [0.4, 0.5) is 0 Å². The Kier molecular flexibility index (Phi) is 5.22. The van der Waals surface area contributed by atoms with Crippen LogP contribution in [0.2, 0.25) is 0 Å². The lowest BCUT2D eigenvalue weighted by molar-refractivity contribution is 0.221. The van der Waals surface area contributed by atoms with Gasteiger partial charge in [0, 0.05) is 61.6 Å². The van der Waals surface area contributed by atoms with Gasteiger partial charge in [0.05, 0.1) is 0 Å². The molecule has 1 N–H and O–H groups in total. The molecule has 5 heteroatoms. The fourth-order valence-electron chi connectivity index (χ4n) is 2.31. The van der Waals surface area contributed by atoms with Crippen molar-refractivity contribution in [3.05, 3.63) is 0 Å². The van der Waals surface area contributed by atoms with Crippen molar-refractivity contribution in [2.45, 2.75) is 6.42 Å². The SMILES string of the molecule is O=S1CCN(CCN2CCCNCC2)CC1. The molecular formula is C11H23N3OS. The Labute approximate surface area is 101 Å². The summed E-state index contributed by atoms with van der Waals surface area (Å²) in [6.45, 7) is 9.08. The molecule has 0 aromatic rings. The van der Waals surface area contributed by atoms with Gasteiger partial charge in [0.25, 0.3) is 0 Å². The molecule has 0 atom stereocenters. The Morgan fingerprint density at radius 3 is 2.38 bits per heavy atom. The van der Waals surface area contributed by atoms with Crippen LogP contribution < -0.4 is 5.32 Å². The van der Waals surface area contributed by atoms with Gasteiger partial charge in [-0.2, -0.15) is 0 Å². The molecule has 2 saturated heterocycles. The third-order valence-corrected chi connectivity index (χ3v) is 4.71. The molecule has 2 fully saturated rings. The fourth-order valence-corrected chi connectivity index (χ4v) is 3.44. The van der Waals surface area contributed by atoms with Crippen LogP contribution in [-0.4, -0.2) is 77.9 Å². The van der Waals surface area contributed by atoms with E-state index in [1.54, 1.807) is 0 Å². The average molecular weight is 245 g/mol. The average Bonchev–Trinajstić information content (AvgIpc) is 2.57. The van der Waals surface area contributed by atoms with Gasteiger partial charge in [-0.1, -0.05) is 0 Å². The lowest BCUT2D eigenvalue weighted by Gasteiger charge is -2.29. The van der Waals surface area contributed by atoms with Crippen LogP contribution in [-0.2, 0) is 10.8 Å². The molecule has 0 aliphatic carbocycles. The molecule has 2 rings (SSSR count).